The van der Waals surface area contributed by atoms with E-state index >= 15 is 0 Å². The number of hydrogen-bond acceptors (Lipinski definition) is 8. The van der Waals surface area contributed by atoms with Crippen LogP contribution in [-0.2, 0) is 0 Å². The average molecular weight is 343 g/mol. The Balaban J connectivity index is 1.58. The average Bonchev–Trinajstić information content (AvgIpc) is 2.65. The van der Waals surface area contributed by atoms with Gasteiger partial charge in [-0.2, -0.15) is 0 Å². The molecule has 3 rings (SSSR count). The Labute approximate surface area is 145 Å². The molecule has 9 nitrogen and oxygen atoms in total. The number of aliphatic hydroxyl groups is 1. The van der Waals surface area contributed by atoms with E-state index in [1.807, 2.05) is 0 Å². The van der Waals surface area contributed by atoms with Crippen molar-refractivity contribution in [1.29, 1.82) is 0 Å². The van der Waals surface area contributed by atoms with Gasteiger partial charge >= 0.3 is 0 Å². The molecule has 1 fully saturated rings. The minimum Gasteiger partial charge on any atom is -0.396 e. The van der Waals surface area contributed by atoms with Gasteiger partial charge in [0, 0.05) is 32.7 Å². The van der Waals surface area contributed by atoms with E-state index in [1.54, 1.807) is 23.2 Å². The predicted octanol–water partition coefficient (Wildman–Crippen LogP) is -0.0525. The van der Waals surface area contributed by atoms with Crippen LogP contribution >= 0.6 is 0 Å². The molecule has 0 unspecified atom stereocenters. The minimum absolute atomic E-state index is 0.0843. The monoisotopic (exact) mass is 343 g/mol. The standard InChI is InChI=1S/C16H21N7O2/c17-12-9-19-16(20-10-12)21-13-1-2-14(18-11-13)15(25)23-5-3-22(4-6-23)7-8-24/h1-2,9-11,24H,3-8,17H2,(H,19,20,21). The number of pyridine rings is 1. The molecule has 0 aliphatic carbocycles. The highest BCUT2D eigenvalue weighted by Gasteiger charge is 2.22. The van der Waals surface area contributed by atoms with E-state index in [2.05, 4.69) is 25.2 Å². The molecule has 1 aliphatic rings. The zero-order valence-electron chi connectivity index (χ0n) is 13.8. The Bertz CT molecular complexity index is 697. The maximum absolute atomic E-state index is 12.5. The highest BCUT2D eigenvalue weighted by molar-refractivity contribution is 5.92. The van der Waals surface area contributed by atoms with Gasteiger partial charge in [0.2, 0.25) is 5.95 Å². The molecule has 9 heteroatoms. The first-order valence-corrected chi connectivity index (χ1v) is 8.09. The molecule has 3 heterocycles. The lowest BCUT2D eigenvalue weighted by atomic mass is 10.2. The van der Waals surface area contributed by atoms with Crippen LogP contribution in [0.3, 0.4) is 0 Å². The summed E-state index contributed by atoms with van der Waals surface area (Å²) in [5.41, 5.74) is 7.13. The van der Waals surface area contributed by atoms with Gasteiger partial charge in [0.15, 0.2) is 0 Å². The Morgan fingerprint density at radius 2 is 1.84 bits per heavy atom. The second-order valence-electron chi connectivity index (χ2n) is 5.75. The van der Waals surface area contributed by atoms with Crippen molar-refractivity contribution >= 4 is 23.2 Å². The van der Waals surface area contributed by atoms with Gasteiger partial charge in [-0.15, -0.1) is 0 Å². The van der Waals surface area contributed by atoms with Crippen LogP contribution in [0.5, 0.6) is 0 Å². The van der Waals surface area contributed by atoms with Crippen molar-refractivity contribution in [3.8, 4) is 0 Å². The van der Waals surface area contributed by atoms with E-state index in [1.165, 1.54) is 12.4 Å². The third-order valence-corrected chi connectivity index (χ3v) is 3.99. The van der Waals surface area contributed by atoms with Crippen LogP contribution in [0, 0.1) is 0 Å². The first-order valence-electron chi connectivity index (χ1n) is 8.09. The van der Waals surface area contributed by atoms with Gasteiger partial charge in [0.05, 0.1) is 36.6 Å². The van der Waals surface area contributed by atoms with E-state index in [0.717, 1.165) is 13.1 Å². The molecule has 0 saturated carbocycles. The molecule has 0 aromatic carbocycles. The van der Waals surface area contributed by atoms with Gasteiger partial charge in [-0.3, -0.25) is 9.69 Å². The number of nitrogens with zero attached hydrogens (tertiary/aromatic N) is 5. The molecule has 1 saturated heterocycles. The van der Waals surface area contributed by atoms with Crippen molar-refractivity contribution in [3.63, 3.8) is 0 Å². The third kappa shape index (κ3) is 4.40. The number of piperazine rings is 1. The molecule has 0 bridgehead atoms. The van der Waals surface area contributed by atoms with Crippen LogP contribution in [0.4, 0.5) is 17.3 Å². The van der Waals surface area contributed by atoms with Crippen LogP contribution in [0.15, 0.2) is 30.7 Å². The normalized spacial score (nSPS) is 15.2. The fourth-order valence-electron chi connectivity index (χ4n) is 2.60. The lowest BCUT2D eigenvalue weighted by Crippen LogP contribution is -2.49. The SMILES string of the molecule is Nc1cnc(Nc2ccc(C(=O)N3CCN(CCO)CC3)nc2)nc1. The molecule has 4 N–H and O–H groups in total. The number of aliphatic hydroxyl groups excluding tert-OH is 1. The summed E-state index contributed by atoms with van der Waals surface area (Å²) in [4.78, 5) is 28.8. The van der Waals surface area contributed by atoms with Crippen molar-refractivity contribution in [3.05, 3.63) is 36.4 Å². The van der Waals surface area contributed by atoms with E-state index in [-0.39, 0.29) is 12.5 Å². The number of nitrogens with one attached hydrogen (secondary N) is 1. The number of rotatable bonds is 5. The van der Waals surface area contributed by atoms with Gasteiger partial charge in [0.1, 0.15) is 5.69 Å². The summed E-state index contributed by atoms with van der Waals surface area (Å²) in [6.45, 7) is 3.59. The quantitative estimate of drug-likeness (QED) is 0.691. The van der Waals surface area contributed by atoms with Gasteiger partial charge in [0.25, 0.3) is 5.91 Å². The second kappa shape index (κ2) is 7.86. The Morgan fingerprint density at radius 3 is 2.44 bits per heavy atom. The number of anilines is 3. The van der Waals surface area contributed by atoms with Crippen molar-refractivity contribution in [1.82, 2.24) is 24.8 Å². The number of carbonyl (C=O) groups is 1. The van der Waals surface area contributed by atoms with Crippen molar-refractivity contribution in [2.75, 3.05) is 50.4 Å². The third-order valence-electron chi connectivity index (χ3n) is 3.99. The molecule has 0 spiro atoms. The van der Waals surface area contributed by atoms with Crippen LogP contribution in [-0.4, -0.2) is 75.1 Å². The second-order valence-corrected chi connectivity index (χ2v) is 5.75. The van der Waals surface area contributed by atoms with Gasteiger partial charge in [-0.1, -0.05) is 0 Å². The number of hydrogen-bond donors (Lipinski definition) is 3. The summed E-state index contributed by atoms with van der Waals surface area (Å²) in [5, 5.41) is 12.0. The fourth-order valence-corrected chi connectivity index (χ4v) is 2.60. The van der Waals surface area contributed by atoms with E-state index in [0.29, 0.717) is 42.7 Å². The van der Waals surface area contributed by atoms with Gasteiger partial charge in [-0.25, -0.2) is 15.0 Å². The highest BCUT2D eigenvalue weighted by atomic mass is 16.3. The molecule has 2 aromatic heterocycles. The van der Waals surface area contributed by atoms with E-state index < -0.39 is 0 Å². The fraction of sp³-hybridized carbons (Fsp3) is 0.375. The molecular weight excluding hydrogens is 322 g/mol. The zero-order valence-corrected chi connectivity index (χ0v) is 13.8. The molecule has 132 valence electrons. The maximum Gasteiger partial charge on any atom is 0.272 e. The van der Waals surface area contributed by atoms with Gasteiger partial charge < -0.3 is 21.1 Å². The summed E-state index contributed by atoms with van der Waals surface area (Å²) in [5.74, 6) is 0.328. The summed E-state index contributed by atoms with van der Waals surface area (Å²) < 4.78 is 0. The predicted molar refractivity (Wildman–Crippen MR) is 93.4 cm³/mol. The molecule has 2 aromatic rings. The van der Waals surface area contributed by atoms with Gasteiger partial charge in [-0.05, 0) is 12.1 Å². The molecular formula is C16H21N7O2. The summed E-state index contributed by atoms with van der Waals surface area (Å²) >= 11 is 0. The number of carbonyl (C=O) groups excluding carboxylic acids is 1. The smallest absolute Gasteiger partial charge is 0.272 e. The molecule has 0 atom stereocenters. The first kappa shape index (κ1) is 17.1. The molecule has 1 amide bonds. The van der Waals surface area contributed by atoms with Crippen LogP contribution in [0.1, 0.15) is 10.5 Å². The number of nitrogens with two attached hydrogens (primary N) is 1. The zero-order chi connectivity index (χ0) is 17.6. The summed E-state index contributed by atoms with van der Waals surface area (Å²) in [6, 6.07) is 3.45. The van der Waals surface area contributed by atoms with Crippen molar-refractivity contribution in [2.24, 2.45) is 0 Å². The maximum atomic E-state index is 12.5. The van der Waals surface area contributed by atoms with Crippen LogP contribution < -0.4 is 11.1 Å². The van der Waals surface area contributed by atoms with Crippen LogP contribution in [0.25, 0.3) is 0 Å². The Kier molecular flexibility index (Phi) is 5.36. The highest BCUT2D eigenvalue weighted by Crippen LogP contribution is 2.14. The van der Waals surface area contributed by atoms with E-state index in [4.69, 9.17) is 10.8 Å². The van der Waals surface area contributed by atoms with Crippen molar-refractivity contribution in [2.45, 2.75) is 0 Å². The number of β-amino-alcohol motifs (C(OH)–C–C–N with tert-alkyl or cyclic N) is 1. The van der Waals surface area contributed by atoms with Crippen molar-refractivity contribution < 1.29 is 9.90 Å². The number of nitrogen functional groups attached to an aromatic ring is 1. The summed E-state index contributed by atoms with van der Waals surface area (Å²) in [6.07, 6.45) is 4.60. The molecule has 25 heavy (non-hydrogen) atoms. The number of aromatic nitrogens is 3. The first-order chi connectivity index (χ1) is 12.2. The lowest BCUT2D eigenvalue weighted by molar-refractivity contribution is 0.0609. The Morgan fingerprint density at radius 1 is 1.12 bits per heavy atom. The minimum atomic E-state index is -0.0843. The molecule has 1 aliphatic heterocycles. The van der Waals surface area contributed by atoms with Crippen LogP contribution in [0.2, 0.25) is 0 Å². The van der Waals surface area contributed by atoms with E-state index in [9.17, 15) is 4.79 Å². The largest absolute Gasteiger partial charge is 0.396 e. The Hall–Kier alpha value is -2.78. The topological polar surface area (TPSA) is 120 Å². The number of amides is 1. The lowest BCUT2D eigenvalue weighted by Gasteiger charge is -2.34. The molecule has 0 radical (unpaired) electrons. The summed E-state index contributed by atoms with van der Waals surface area (Å²) in [7, 11) is 0.